The number of hydrogen-bond acceptors (Lipinski definition) is 8. The van der Waals surface area contributed by atoms with Crippen LogP contribution in [0.4, 0.5) is 0 Å². The summed E-state index contributed by atoms with van der Waals surface area (Å²) in [6.07, 6.45) is 7.59. The monoisotopic (exact) mass is 609 g/mol. The van der Waals surface area contributed by atoms with E-state index < -0.39 is 11.8 Å². The fraction of sp³-hybridized carbons (Fsp3) is 0.364. The number of nitrogens with zero attached hydrogens (tertiary/aromatic N) is 5. The van der Waals surface area contributed by atoms with Crippen LogP contribution in [0.2, 0.25) is 0 Å². The Hall–Kier alpha value is -5.13. The summed E-state index contributed by atoms with van der Waals surface area (Å²) in [5.74, 6) is -0.978. The third-order valence-electron chi connectivity index (χ3n) is 8.89. The van der Waals surface area contributed by atoms with Crippen molar-refractivity contribution in [1.82, 2.24) is 35.1 Å². The van der Waals surface area contributed by atoms with Crippen molar-refractivity contribution in [2.75, 3.05) is 13.2 Å². The first-order chi connectivity index (χ1) is 21.7. The Labute approximate surface area is 260 Å². The first kappa shape index (κ1) is 29.9. The predicted octanol–water partition coefficient (Wildman–Crippen LogP) is 2.84. The summed E-state index contributed by atoms with van der Waals surface area (Å²) < 4.78 is 6.56. The van der Waals surface area contributed by atoms with Crippen molar-refractivity contribution >= 4 is 29.5 Å². The van der Waals surface area contributed by atoms with Gasteiger partial charge in [0.1, 0.15) is 24.3 Å². The lowest BCUT2D eigenvalue weighted by atomic mass is 9.84. The summed E-state index contributed by atoms with van der Waals surface area (Å²) in [5.41, 5.74) is 5.97. The molecule has 2 N–H and O–H groups in total. The molecule has 0 saturated heterocycles. The van der Waals surface area contributed by atoms with Crippen LogP contribution in [-0.4, -0.2) is 67.4 Å². The van der Waals surface area contributed by atoms with Gasteiger partial charge >= 0.3 is 5.97 Å². The molecule has 2 aliphatic carbocycles. The fourth-order valence-electron chi connectivity index (χ4n) is 6.50. The van der Waals surface area contributed by atoms with Crippen LogP contribution in [0.25, 0.3) is 5.78 Å². The van der Waals surface area contributed by atoms with E-state index >= 15 is 0 Å². The molecule has 1 fully saturated rings. The summed E-state index contributed by atoms with van der Waals surface area (Å²) >= 11 is 0. The number of benzene rings is 1. The second-order valence-electron chi connectivity index (χ2n) is 11.6. The molecule has 1 aromatic carbocycles. The molecule has 0 bridgehead atoms. The highest BCUT2D eigenvalue weighted by Crippen LogP contribution is 2.42. The molecule has 3 aliphatic rings. The van der Waals surface area contributed by atoms with Gasteiger partial charge in [-0.25, -0.2) is 9.78 Å². The maximum Gasteiger partial charge on any atom is 0.338 e. The van der Waals surface area contributed by atoms with Crippen molar-refractivity contribution in [2.45, 2.75) is 58.7 Å². The molecule has 2 aromatic heterocycles. The molecule has 3 aromatic rings. The number of hydrogen-bond donors (Lipinski definition) is 2. The lowest BCUT2D eigenvalue weighted by Gasteiger charge is -2.28. The Balaban J connectivity index is 1.15. The first-order valence-electron chi connectivity index (χ1n) is 15.1. The van der Waals surface area contributed by atoms with Crippen molar-refractivity contribution in [3.63, 3.8) is 0 Å². The molecule has 0 spiro atoms. The van der Waals surface area contributed by atoms with Gasteiger partial charge in [0.15, 0.2) is 0 Å². The molecule has 0 radical (unpaired) electrons. The quantitative estimate of drug-likeness (QED) is 0.293. The molecule has 45 heavy (non-hydrogen) atoms. The molecule has 3 heterocycles. The van der Waals surface area contributed by atoms with Crippen molar-refractivity contribution in [2.24, 2.45) is 5.92 Å². The molecular weight excluding hydrogens is 574 g/mol. The van der Waals surface area contributed by atoms with Gasteiger partial charge < -0.3 is 20.3 Å². The summed E-state index contributed by atoms with van der Waals surface area (Å²) in [7, 11) is 0. The highest BCUT2D eigenvalue weighted by Gasteiger charge is 2.37. The second kappa shape index (κ2) is 12.5. The Morgan fingerprint density at radius 1 is 1.13 bits per heavy atom. The molecule has 3 amide bonds. The van der Waals surface area contributed by atoms with Gasteiger partial charge in [-0.3, -0.25) is 14.4 Å². The van der Waals surface area contributed by atoms with E-state index in [9.17, 15) is 19.2 Å². The van der Waals surface area contributed by atoms with Gasteiger partial charge in [0.25, 0.3) is 17.6 Å². The third-order valence-corrected chi connectivity index (χ3v) is 8.89. The van der Waals surface area contributed by atoms with Crippen LogP contribution in [0.5, 0.6) is 0 Å². The van der Waals surface area contributed by atoms with Gasteiger partial charge in [0.05, 0.1) is 5.57 Å². The van der Waals surface area contributed by atoms with Gasteiger partial charge in [-0.15, -0.1) is 0 Å². The van der Waals surface area contributed by atoms with E-state index in [1.165, 1.54) is 28.5 Å². The molecule has 12 heteroatoms. The topological polar surface area (TPSA) is 148 Å². The van der Waals surface area contributed by atoms with Crippen LogP contribution >= 0.6 is 0 Å². The molecule has 2 atom stereocenters. The largest absolute Gasteiger partial charge is 0.458 e. The number of nitrogens with one attached hydrogen (secondary N) is 2. The van der Waals surface area contributed by atoms with Gasteiger partial charge in [-0.2, -0.15) is 14.6 Å². The average Bonchev–Trinajstić information content (AvgIpc) is 3.69. The van der Waals surface area contributed by atoms with Crippen LogP contribution < -0.4 is 10.6 Å². The highest BCUT2D eigenvalue weighted by atomic mass is 16.5. The van der Waals surface area contributed by atoms with E-state index in [0.29, 0.717) is 25.1 Å². The SMILES string of the molecule is C=CCOC(=O)C1=CCC2C(=C1C)CC[C@@H]2NC(=O)c1cc(C(=O)NCc2ccc3c(c2)CN(C(C)=O)CC3)nc2ncnn12. The van der Waals surface area contributed by atoms with Crippen LogP contribution in [0.1, 0.15) is 70.8 Å². The lowest BCUT2D eigenvalue weighted by Crippen LogP contribution is -2.39. The van der Waals surface area contributed by atoms with Gasteiger partial charge in [-0.05, 0) is 54.9 Å². The van der Waals surface area contributed by atoms with Crippen LogP contribution in [0.15, 0.2) is 66.0 Å². The Kier molecular flexibility index (Phi) is 8.29. The van der Waals surface area contributed by atoms with E-state index in [1.54, 1.807) is 6.92 Å². The standard InChI is InChI=1S/C33H35N7O5/c1-4-13-45-32(44)25-7-8-26-24(19(25)2)9-10-27(26)37-31(43)29-15-28(38-33-35-18-36-40(29)33)30(42)34-16-21-5-6-22-11-12-39(20(3)41)17-23(22)14-21/h4-7,14-15,18,26-27H,1,8-13,16-17H2,2-3H3,(H,34,42)(H,37,43)/t26?,27-/m0/s1. The van der Waals surface area contributed by atoms with Gasteiger partial charge in [-0.1, -0.05) is 42.5 Å². The van der Waals surface area contributed by atoms with Gasteiger partial charge in [0, 0.05) is 44.6 Å². The zero-order chi connectivity index (χ0) is 31.7. The number of aromatic nitrogens is 4. The number of carbonyl (C=O) groups excluding carboxylic acids is 4. The van der Waals surface area contributed by atoms with Gasteiger partial charge in [0.2, 0.25) is 5.91 Å². The van der Waals surface area contributed by atoms with Crippen molar-refractivity contribution < 1.29 is 23.9 Å². The minimum absolute atomic E-state index is 0.0420. The minimum Gasteiger partial charge on any atom is -0.458 e. The Morgan fingerprint density at radius 2 is 1.98 bits per heavy atom. The van der Waals surface area contributed by atoms with E-state index in [4.69, 9.17) is 4.74 Å². The maximum absolute atomic E-state index is 13.6. The van der Waals surface area contributed by atoms with Crippen molar-refractivity contribution in [3.05, 3.63) is 94.1 Å². The number of rotatable bonds is 8. The molecule has 12 nitrogen and oxygen atoms in total. The zero-order valence-electron chi connectivity index (χ0n) is 25.3. The van der Waals surface area contributed by atoms with Crippen LogP contribution in [-0.2, 0) is 33.8 Å². The molecule has 1 aliphatic heterocycles. The molecular formula is C33H35N7O5. The number of esters is 1. The number of carbonyl (C=O) groups is 4. The highest BCUT2D eigenvalue weighted by molar-refractivity contribution is 5.98. The summed E-state index contributed by atoms with van der Waals surface area (Å²) in [6, 6.07) is 7.29. The molecule has 1 unspecified atom stereocenters. The average molecular weight is 610 g/mol. The first-order valence-corrected chi connectivity index (χ1v) is 15.1. The molecule has 1 saturated carbocycles. The fourth-order valence-corrected chi connectivity index (χ4v) is 6.50. The predicted molar refractivity (Wildman–Crippen MR) is 164 cm³/mol. The molecule has 6 rings (SSSR count). The minimum atomic E-state index is -0.451. The smallest absolute Gasteiger partial charge is 0.338 e. The van der Waals surface area contributed by atoms with Crippen molar-refractivity contribution in [3.8, 4) is 0 Å². The summed E-state index contributed by atoms with van der Waals surface area (Å²) in [6.45, 7) is 8.74. The van der Waals surface area contributed by atoms with E-state index in [0.717, 1.165) is 41.5 Å². The van der Waals surface area contributed by atoms with E-state index in [1.807, 2.05) is 36.1 Å². The van der Waals surface area contributed by atoms with E-state index in [2.05, 4.69) is 32.3 Å². The number of fused-ring (bicyclic) bond motifs is 3. The second-order valence-corrected chi connectivity index (χ2v) is 11.6. The van der Waals surface area contributed by atoms with Crippen molar-refractivity contribution in [1.29, 1.82) is 0 Å². The lowest BCUT2D eigenvalue weighted by molar-refractivity contribution is -0.137. The summed E-state index contributed by atoms with van der Waals surface area (Å²) in [4.78, 5) is 61.5. The summed E-state index contributed by atoms with van der Waals surface area (Å²) in [5, 5.41) is 10.2. The Bertz CT molecular complexity index is 1790. The Morgan fingerprint density at radius 3 is 2.78 bits per heavy atom. The van der Waals surface area contributed by atoms with Crippen LogP contribution in [0, 0.1) is 5.92 Å². The normalized spacial score (nSPS) is 19.0. The third kappa shape index (κ3) is 6.00. The number of allylic oxidation sites excluding steroid dienone is 1. The maximum atomic E-state index is 13.6. The van der Waals surface area contributed by atoms with Crippen LogP contribution in [0.3, 0.4) is 0 Å². The zero-order valence-corrected chi connectivity index (χ0v) is 25.3. The number of ether oxygens (including phenoxy) is 1. The molecule has 232 valence electrons. The van der Waals surface area contributed by atoms with E-state index in [-0.39, 0.29) is 54.2 Å². The number of amides is 3.